The van der Waals surface area contributed by atoms with Gasteiger partial charge in [0.05, 0.1) is 0 Å². The molecule has 0 radical (unpaired) electrons. The van der Waals surface area contributed by atoms with E-state index in [1.165, 1.54) is 36.7 Å². The first-order valence-electron chi connectivity index (χ1n) is 6.37. The maximum Gasteiger partial charge on any atom is 0.581 e. The van der Waals surface area contributed by atoms with Gasteiger partial charge in [-0.3, -0.25) is 4.74 Å². The summed E-state index contributed by atoms with van der Waals surface area (Å²) in [4.78, 5) is -5.06. The Morgan fingerprint density at radius 1 is 0.870 bits per heavy atom. The molecule has 1 atom stereocenters. The van der Waals surface area contributed by atoms with Crippen molar-refractivity contribution in [2.24, 2.45) is 0 Å². The summed E-state index contributed by atoms with van der Waals surface area (Å²) in [6.07, 6.45) is -9.70. The van der Waals surface area contributed by atoms with Crippen molar-refractivity contribution in [3.05, 3.63) is 0 Å². The molecule has 0 fully saturated rings. The molecule has 0 rings (SSSR count). The van der Waals surface area contributed by atoms with E-state index in [0.717, 1.165) is 0 Å². The highest BCUT2D eigenvalue weighted by Crippen LogP contribution is 2.44. The van der Waals surface area contributed by atoms with Crippen molar-refractivity contribution >= 4 is 24.7 Å². The average molecular weight is 441 g/mol. The standard InChI is InChI=1S/C10H16BrF7O4Si/c1-4-19-23(20-5-2,21-6-3)8(13,14)7(12)22-10(17,18)9(11,15)16/h7H,4-6H2,1-3H3. The molecule has 0 bridgehead atoms. The maximum absolute atomic E-state index is 14.2. The van der Waals surface area contributed by atoms with Gasteiger partial charge >= 0.3 is 25.3 Å². The third-order valence-corrected chi connectivity index (χ3v) is 5.79. The zero-order chi connectivity index (χ0) is 18.5. The van der Waals surface area contributed by atoms with Crippen LogP contribution in [0.2, 0.25) is 0 Å². The zero-order valence-corrected chi connectivity index (χ0v) is 14.9. The molecule has 23 heavy (non-hydrogen) atoms. The number of hydrogen-bond donors (Lipinski definition) is 0. The van der Waals surface area contributed by atoms with Gasteiger partial charge in [-0.1, -0.05) is 0 Å². The second-order valence-electron chi connectivity index (χ2n) is 3.93. The van der Waals surface area contributed by atoms with Crippen molar-refractivity contribution in [1.29, 1.82) is 0 Å². The van der Waals surface area contributed by atoms with E-state index in [4.69, 9.17) is 0 Å². The summed E-state index contributed by atoms with van der Waals surface area (Å²) in [6, 6.07) is 0. The number of hydrogen-bond acceptors (Lipinski definition) is 4. The Morgan fingerprint density at radius 2 is 1.22 bits per heavy atom. The van der Waals surface area contributed by atoms with Gasteiger partial charge in [0.25, 0.3) is 6.36 Å². The molecule has 140 valence electrons. The van der Waals surface area contributed by atoms with Crippen LogP contribution in [0.15, 0.2) is 0 Å². The largest absolute Gasteiger partial charge is 0.581 e. The van der Waals surface area contributed by atoms with E-state index in [9.17, 15) is 30.7 Å². The van der Waals surface area contributed by atoms with Crippen molar-refractivity contribution in [2.45, 2.75) is 43.6 Å². The van der Waals surface area contributed by atoms with Gasteiger partial charge in [0, 0.05) is 35.8 Å². The monoisotopic (exact) mass is 440 g/mol. The van der Waals surface area contributed by atoms with Gasteiger partial charge in [0.15, 0.2) is 0 Å². The second-order valence-corrected chi connectivity index (χ2v) is 7.57. The van der Waals surface area contributed by atoms with Gasteiger partial charge in [0.1, 0.15) is 0 Å². The van der Waals surface area contributed by atoms with Gasteiger partial charge in [-0.2, -0.15) is 26.3 Å². The number of halogens is 8. The van der Waals surface area contributed by atoms with Crippen molar-refractivity contribution < 1.29 is 48.7 Å². The summed E-state index contributed by atoms with van der Waals surface area (Å²) in [6.45, 7) is 2.51. The fraction of sp³-hybridized carbons (Fsp3) is 1.00. The van der Waals surface area contributed by atoms with Crippen LogP contribution in [0.4, 0.5) is 30.7 Å². The molecule has 0 aromatic carbocycles. The smallest absolute Gasteiger partial charge is 0.370 e. The molecule has 0 N–H and O–H groups in total. The number of ether oxygens (including phenoxy) is 1. The molecule has 0 aromatic rings. The van der Waals surface area contributed by atoms with E-state index in [1.807, 2.05) is 0 Å². The first kappa shape index (κ1) is 23.0. The summed E-state index contributed by atoms with van der Waals surface area (Å²) < 4.78 is 110. The van der Waals surface area contributed by atoms with Crippen LogP contribution in [0.5, 0.6) is 0 Å². The average Bonchev–Trinajstić information content (AvgIpc) is 2.37. The van der Waals surface area contributed by atoms with Gasteiger partial charge in [0.2, 0.25) is 0 Å². The van der Waals surface area contributed by atoms with E-state index in [0.29, 0.717) is 0 Å². The normalized spacial score (nSPS) is 15.8. The lowest BCUT2D eigenvalue weighted by Crippen LogP contribution is -2.66. The molecule has 0 spiro atoms. The highest BCUT2D eigenvalue weighted by atomic mass is 79.9. The van der Waals surface area contributed by atoms with Crippen molar-refractivity contribution in [2.75, 3.05) is 19.8 Å². The fourth-order valence-corrected chi connectivity index (χ4v) is 3.79. The predicted octanol–water partition coefficient (Wildman–Crippen LogP) is 4.10. The summed E-state index contributed by atoms with van der Waals surface area (Å²) in [5.41, 5.74) is -4.85. The number of alkyl halides is 8. The van der Waals surface area contributed by atoms with Gasteiger partial charge in [-0.15, -0.1) is 0 Å². The fourth-order valence-electron chi connectivity index (χ4n) is 1.39. The van der Waals surface area contributed by atoms with Gasteiger partial charge in [-0.25, -0.2) is 4.39 Å². The molecule has 0 aliphatic carbocycles. The molecule has 0 amide bonds. The molecule has 0 aliphatic rings. The Kier molecular flexibility index (Phi) is 8.44. The van der Waals surface area contributed by atoms with Crippen LogP contribution in [0.25, 0.3) is 0 Å². The zero-order valence-electron chi connectivity index (χ0n) is 12.4. The van der Waals surface area contributed by atoms with Crippen LogP contribution in [-0.4, -0.2) is 51.5 Å². The van der Waals surface area contributed by atoms with Crippen molar-refractivity contribution in [3.63, 3.8) is 0 Å². The van der Waals surface area contributed by atoms with Crippen molar-refractivity contribution in [1.82, 2.24) is 0 Å². The Morgan fingerprint density at radius 3 is 1.48 bits per heavy atom. The first-order chi connectivity index (χ1) is 10.3. The van der Waals surface area contributed by atoms with E-state index in [2.05, 4.69) is 18.0 Å². The molecule has 0 aliphatic heterocycles. The molecule has 0 saturated heterocycles. The maximum atomic E-state index is 14.2. The van der Waals surface area contributed by atoms with Gasteiger partial charge in [-0.05, 0) is 20.8 Å². The van der Waals surface area contributed by atoms with Crippen LogP contribution in [0.3, 0.4) is 0 Å². The molecule has 1 unspecified atom stereocenters. The molecular weight excluding hydrogens is 425 g/mol. The number of rotatable bonds is 11. The van der Waals surface area contributed by atoms with E-state index in [1.54, 1.807) is 0 Å². The van der Waals surface area contributed by atoms with E-state index < -0.39 is 51.5 Å². The van der Waals surface area contributed by atoms with Crippen LogP contribution >= 0.6 is 15.9 Å². The Labute approximate surface area is 137 Å². The van der Waals surface area contributed by atoms with Crippen LogP contribution in [0.1, 0.15) is 20.8 Å². The Hall–Kier alpha value is 0.0469. The summed E-state index contributed by atoms with van der Waals surface area (Å²) in [5.74, 6) is 0. The van der Waals surface area contributed by atoms with E-state index >= 15 is 0 Å². The molecular formula is C10H16BrF7O4Si. The van der Waals surface area contributed by atoms with Crippen molar-refractivity contribution in [3.8, 4) is 0 Å². The van der Waals surface area contributed by atoms with Gasteiger partial charge < -0.3 is 13.3 Å². The van der Waals surface area contributed by atoms with Crippen LogP contribution < -0.4 is 0 Å². The third kappa shape index (κ3) is 5.26. The second kappa shape index (κ2) is 8.42. The minimum absolute atomic E-state index is 0.417. The minimum atomic E-state index is -5.54. The molecule has 4 nitrogen and oxygen atoms in total. The molecule has 0 saturated carbocycles. The highest BCUT2D eigenvalue weighted by molar-refractivity contribution is 9.10. The summed E-state index contributed by atoms with van der Waals surface area (Å²) in [7, 11) is -5.17. The lowest BCUT2D eigenvalue weighted by Gasteiger charge is -2.36. The predicted molar refractivity (Wildman–Crippen MR) is 70.4 cm³/mol. The SMILES string of the molecule is CCO[Si](OCC)(OCC)C(F)(F)C(F)OC(F)(F)C(F)(F)Br. The summed E-state index contributed by atoms with van der Waals surface area (Å²) >= 11 is 1.24. The topological polar surface area (TPSA) is 36.9 Å². The van der Waals surface area contributed by atoms with Crippen LogP contribution in [-0.2, 0) is 18.0 Å². The Bertz CT molecular complexity index is 353. The highest BCUT2D eigenvalue weighted by Gasteiger charge is 2.72. The quantitative estimate of drug-likeness (QED) is 0.275. The molecule has 0 aromatic heterocycles. The third-order valence-electron chi connectivity index (χ3n) is 2.28. The van der Waals surface area contributed by atoms with Crippen LogP contribution in [0, 0.1) is 0 Å². The lowest BCUT2D eigenvalue weighted by molar-refractivity contribution is -0.369. The first-order valence-corrected chi connectivity index (χ1v) is 8.89. The molecule has 13 heteroatoms. The Balaban J connectivity index is 5.58. The summed E-state index contributed by atoms with van der Waals surface area (Å²) in [5, 5.41) is 0. The minimum Gasteiger partial charge on any atom is -0.370 e. The lowest BCUT2D eigenvalue weighted by atomic mass is 10.6. The molecule has 0 heterocycles. The van der Waals surface area contributed by atoms with E-state index in [-0.39, 0.29) is 0 Å².